The Morgan fingerprint density at radius 2 is 1.71 bits per heavy atom. The van der Waals surface area contributed by atoms with Gasteiger partial charge in [0.25, 0.3) is 5.91 Å². The first-order chi connectivity index (χ1) is 16.6. The van der Waals surface area contributed by atoms with Crippen LogP contribution in [0.5, 0.6) is 0 Å². The second-order valence-corrected chi connectivity index (χ2v) is 9.45. The van der Waals surface area contributed by atoms with Gasteiger partial charge in [-0.2, -0.15) is 0 Å². The summed E-state index contributed by atoms with van der Waals surface area (Å²) in [5.74, 6) is 0.973. The molecule has 1 saturated heterocycles. The Labute approximate surface area is 212 Å². The van der Waals surface area contributed by atoms with Crippen LogP contribution in [0.2, 0.25) is 5.02 Å². The van der Waals surface area contributed by atoms with Crippen LogP contribution < -0.4 is 5.32 Å². The first kappa shape index (κ1) is 24.4. The van der Waals surface area contributed by atoms with E-state index in [0.29, 0.717) is 22.8 Å². The molecule has 1 fully saturated rings. The lowest BCUT2D eigenvalue weighted by atomic mass is 10.0. The van der Waals surface area contributed by atoms with E-state index in [2.05, 4.69) is 47.1 Å². The summed E-state index contributed by atoms with van der Waals surface area (Å²) in [7, 11) is 0. The number of benzene rings is 2. The number of amides is 1. The van der Waals surface area contributed by atoms with Gasteiger partial charge in [-0.25, -0.2) is 4.99 Å². The second-order valence-electron chi connectivity index (χ2n) is 8.53. The van der Waals surface area contributed by atoms with Gasteiger partial charge in [-0.05, 0) is 61.6 Å². The second kappa shape index (κ2) is 12.1. The smallest absolute Gasteiger partial charge is 0.251 e. The van der Waals surface area contributed by atoms with E-state index >= 15 is 0 Å². The third kappa shape index (κ3) is 6.64. The number of rotatable bonds is 6. The molecular formula is C28H30ClN3OS. The topological polar surface area (TPSA) is 44.7 Å². The van der Waals surface area contributed by atoms with E-state index < -0.39 is 0 Å². The van der Waals surface area contributed by atoms with Crippen molar-refractivity contribution < 1.29 is 4.79 Å². The standard InChI is InChI=1S/C28H30ClN3OS/c29-24-13-10-21(11-14-24)16-17-30-28(33)23-12-15-26(34)25(20-23)31-27(32-18-6-3-7-19-32)22-8-4-1-2-5-9-22/h1-2,4-5,8-15,20,22,34H,3,6-7,16-19H2,(H,30,33). The first-order valence-corrected chi connectivity index (χ1v) is 12.6. The van der Waals surface area contributed by atoms with Crippen LogP contribution in [0.3, 0.4) is 0 Å². The van der Waals surface area contributed by atoms with E-state index in [1.54, 1.807) is 6.07 Å². The quantitative estimate of drug-likeness (QED) is 0.278. The van der Waals surface area contributed by atoms with E-state index in [4.69, 9.17) is 16.6 Å². The molecule has 0 atom stereocenters. The van der Waals surface area contributed by atoms with Crippen molar-refractivity contribution in [3.8, 4) is 0 Å². The molecule has 6 heteroatoms. The van der Waals surface area contributed by atoms with Crippen LogP contribution in [0, 0.1) is 5.92 Å². The molecule has 1 heterocycles. The van der Waals surface area contributed by atoms with Crippen molar-refractivity contribution in [1.82, 2.24) is 10.2 Å². The largest absolute Gasteiger partial charge is 0.359 e. The predicted octanol–water partition coefficient (Wildman–Crippen LogP) is 6.42. The van der Waals surface area contributed by atoms with Crippen LogP contribution in [0.15, 0.2) is 88.8 Å². The van der Waals surface area contributed by atoms with Gasteiger partial charge >= 0.3 is 0 Å². The van der Waals surface area contributed by atoms with Crippen LogP contribution in [-0.4, -0.2) is 36.3 Å². The highest BCUT2D eigenvalue weighted by molar-refractivity contribution is 7.80. The number of allylic oxidation sites excluding steroid dienone is 4. The Hall–Kier alpha value is -2.76. The summed E-state index contributed by atoms with van der Waals surface area (Å²) in [4.78, 5) is 21.0. The number of halogens is 1. The first-order valence-electron chi connectivity index (χ1n) is 11.8. The van der Waals surface area contributed by atoms with Crippen molar-refractivity contribution in [3.05, 3.63) is 95.1 Å². The Morgan fingerprint density at radius 1 is 1.00 bits per heavy atom. The number of nitrogens with zero attached hydrogens (tertiary/aromatic N) is 2. The Morgan fingerprint density at radius 3 is 2.41 bits per heavy atom. The highest BCUT2D eigenvalue weighted by Crippen LogP contribution is 2.28. The fourth-order valence-corrected chi connectivity index (χ4v) is 4.48. The zero-order valence-corrected chi connectivity index (χ0v) is 20.8. The van der Waals surface area contributed by atoms with Gasteiger partial charge in [-0.1, -0.05) is 60.2 Å². The number of amidine groups is 1. The van der Waals surface area contributed by atoms with Crippen LogP contribution in [0.4, 0.5) is 5.69 Å². The lowest BCUT2D eigenvalue weighted by Crippen LogP contribution is -2.38. The molecule has 4 nitrogen and oxygen atoms in total. The summed E-state index contributed by atoms with van der Waals surface area (Å²) < 4.78 is 0. The van der Waals surface area contributed by atoms with Crippen LogP contribution in [0.1, 0.15) is 35.2 Å². The minimum absolute atomic E-state index is 0.0812. The molecule has 1 aliphatic carbocycles. The van der Waals surface area contributed by atoms with Crippen LogP contribution >= 0.6 is 24.2 Å². The minimum Gasteiger partial charge on any atom is -0.359 e. The molecular weight excluding hydrogens is 462 g/mol. The molecule has 2 aromatic rings. The SMILES string of the molecule is O=C(NCCc1ccc(Cl)cc1)c1ccc(S)c(N=C(C2C=CC=CC=C2)N2CCCCC2)c1. The van der Waals surface area contributed by atoms with Gasteiger partial charge in [0.15, 0.2) is 0 Å². The molecule has 0 aromatic heterocycles. The van der Waals surface area contributed by atoms with Gasteiger partial charge in [0.1, 0.15) is 5.84 Å². The van der Waals surface area contributed by atoms with Crippen molar-refractivity contribution in [3.63, 3.8) is 0 Å². The third-order valence-corrected chi connectivity index (χ3v) is 6.66. The maximum atomic E-state index is 12.8. The number of likely N-dealkylation sites (tertiary alicyclic amines) is 1. The summed E-state index contributed by atoms with van der Waals surface area (Å²) >= 11 is 10.6. The maximum absolute atomic E-state index is 12.8. The predicted molar refractivity (Wildman–Crippen MR) is 145 cm³/mol. The van der Waals surface area contributed by atoms with Gasteiger partial charge in [0.2, 0.25) is 0 Å². The monoisotopic (exact) mass is 491 g/mol. The summed E-state index contributed by atoms with van der Waals surface area (Å²) in [6, 6.07) is 13.2. The van der Waals surface area contributed by atoms with Gasteiger partial charge in [-0.15, -0.1) is 12.6 Å². The molecule has 4 rings (SSSR count). The number of piperidine rings is 1. The summed E-state index contributed by atoms with van der Waals surface area (Å²) in [5, 5.41) is 3.72. The molecule has 0 bridgehead atoms. The minimum atomic E-state index is -0.114. The third-order valence-electron chi connectivity index (χ3n) is 6.03. The van der Waals surface area contributed by atoms with E-state index in [9.17, 15) is 4.79 Å². The lowest BCUT2D eigenvalue weighted by molar-refractivity contribution is 0.0954. The van der Waals surface area contributed by atoms with E-state index in [0.717, 1.165) is 35.8 Å². The molecule has 0 spiro atoms. The summed E-state index contributed by atoms with van der Waals surface area (Å²) in [6.45, 7) is 2.54. The zero-order chi connectivity index (χ0) is 23.8. The molecule has 0 radical (unpaired) electrons. The van der Waals surface area contributed by atoms with E-state index in [-0.39, 0.29) is 11.8 Å². The number of carbonyl (C=O) groups excluding carboxylic acids is 1. The molecule has 2 aliphatic rings. The number of carbonyl (C=O) groups is 1. The fourth-order valence-electron chi connectivity index (χ4n) is 4.16. The van der Waals surface area contributed by atoms with Crippen LogP contribution in [-0.2, 0) is 6.42 Å². The lowest BCUT2D eigenvalue weighted by Gasteiger charge is -2.32. The normalized spacial score (nSPS) is 16.5. The van der Waals surface area contributed by atoms with Crippen LogP contribution in [0.25, 0.3) is 0 Å². The Balaban J connectivity index is 1.52. The van der Waals surface area contributed by atoms with Gasteiger partial charge in [0.05, 0.1) is 11.6 Å². The number of thiol groups is 1. The molecule has 1 aliphatic heterocycles. The zero-order valence-electron chi connectivity index (χ0n) is 19.2. The van der Waals surface area contributed by atoms with E-state index in [1.807, 2.05) is 48.6 Å². The summed E-state index contributed by atoms with van der Waals surface area (Å²) in [6.07, 6.45) is 16.9. The molecule has 2 aromatic carbocycles. The highest BCUT2D eigenvalue weighted by atomic mass is 35.5. The summed E-state index contributed by atoms with van der Waals surface area (Å²) in [5.41, 5.74) is 2.43. The Bertz CT molecular complexity index is 1100. The van der Waals surface area contributed by atoms with Gasteiger partial charge in [-0.3, -0.25) is 4.79 Å². The Kier molecular flexibility index (Phi) is 8.67. The van der Waals surface area contributed by atoms with Crippen molar-refractivity contribution in [2.75, 3.05) is 19.6 Å². The number of hydrogen-bond donors (Lipinski definition) is 2. The molecule has 1 amide bonds. The van der Waals surface area contributed by atoms with Crippen molar-refractivity contribution in [2.45, 2.75) is 30.6 Å². The number of hydrogen-bond acceptors (Lipinski definition) is 3. The fraction of sp³-hybridized carbons (Fsp3) is 0.286. The molecule has 176 valence electrons. The average Bonchev–Trinajstić information content (AvgIpc) is 3.15. The molecule has 34 heavy (non-hydrogen) atoms. The van der Waals surface area contributed by atoms with Gasteiger partial charge < -0.3 is 10.2 Å². The molecule has 0 unspecified atom stereocenters. The van der Waals surface area contributed by atoms with Gasteiger partial charge in [0, 0.05) is 35.1 Å². The number of nitrogens with one attached hydrogen (secondary N) is 1. The molecule has 1 N–H and O–H groups in total. The maximum Gasteiger partial charge on any atom is 0.251 e. The molecule has 0 saturated carbocycles. The van der Waals surface area contributed by atoms with E-state index in [1.165, 1.54) is 19.3 Å². The van der Waals surface area contributed by atoms with Crippen molar-refractivity contribution in [2.24, 2.45) is 10.9 Å². The van der Waals surface area contributed by atoms with Crippen molar-refractivity contribution >= 4 is 41.7 Å². The highest BCUT2D eigenvalue weighted by Gasteiger charge is 2.21. The number of aliphatic imine (C=N–C) groups is 1. The average molecular weight is 492 g/mol. The van der Waals surface area contributed by atoms with Crippen molar-refractivity contribution in [1.29, 1.82) is 0 Å².